The second-order valence-corrected chi connectivity index (χ2v) is 4.70. The van der Waals surface area contributed by atoms with Gasteiger partial charge in [-0.25, -0.2) is 0 Å². The summed E-state index contributed by atoms with van der Waals surface area (Å²) in [5.41, 5.74) is 0.587. The minimum Gasteiger partial charge on any atom is -0.0622 e. The standard InChI is InChI=1S/C10H18/c1-7-4-5-8-6-9(7)10(8,2)3/h7-9H,4-6H2,1-3H3/i1T. The molecule has 10 heavy (non-hydrogen) atoms. The molecule has 58 valence electrons. The van der Waals surface area contributed by atoms with Gasteiger partial charge in [0.15, 0.2) is 0 Å². The molecule has 3 aliphatic carbocycles. The van der Waals surface area contributed by atoms with Gasteiger partial charge >= 0.3 is 0 Å². The molecule has 0 aromatic heterocycles. The second kappa shape index (κ2) is 1.78. The van der Waals surface area contributed by atoms with Gasteiger partial charge in [-0.2, -0.15) is 0 Å². The lowest BCUT2D eigenvalue weighted by atomic mass is 9.46. The lowest BCUT2D eigenvalue weighted by molar-refractivity contribution is -0.0988. The molecule has 0 N–H and O–H groups in total. The van der Waals surface area contributed by atoms with E-state index in [0.717, 1.165) is 17.8 Å². The maximum Gasteiger partial charge on any atom is 0.0233 e. The Morgan fingerprint density at radius 2 is 2.20 bits per heavy atom. The molecule has 3 rings (SSSR count). The van der Waals surface area contributed by atoms with Gasteiger partial charge in [-0.15, -0.1) is 0 Å². The van der Waals surface area contributed by atoms with Gasteiger partial charge in [0.1, 0.15) is 0 Å². The predicted octanol–water partition coefficient (Wildman–Crippen LogP) is 3.08. The van der Waals surface area contributed by atoms with E-state index in [1.54, 1.807) is 0 Å². The molecule has 0 nitrogen and oxygen atoms in total. The minimum atomic E-state index is 0.587. The van der Waals surface area contributed by atoms with Crippen molar-refractivity contribution in [1.29, 1.82) is 0 Å². The highest BCUT2D eigenvalue weighted by molar-refractivity contribution is 5.01. The average molecular weight is 140 g/mol. The molecule has 0 heterocycles. The fourth-order valence-corrected chi connectivity index (χ4v) is 2.96. The van der Waals surface area contributed by atoms with Crippen molar-refractivity contribution in [3.63, 3.8) is 0 Å². The molecule has 3 aliphatic rings. The van der Waals surface area contributed by atoms with E-state index in [4.69, 9.17) is 1.37 Å². The third kappa shape index (κ3) is 0.627. The average Bonchev–Trinajstić information content (AvgIpc) is 2.04. The topological polar surface area (TPSA) is 0 Å². The van der Waals surface area contributed by atoms with Crippen LogP contribution in [-0.2, 0) is 0 Å². The van der Waals surface area contributed by atoms with Crippen molar-refractivity contribution in [2.75, 3.05) is 0 Å². The molecule has 3 atom stereocenters. The first kappa shape index (κ1) is 5.62. The van der Waals surface area contributed by atoms with E-state index in [9.17, 15) is 0 Å². The Morgan fingerprint density at radius 1 is 1.40 bits per heavy atom. The number of fused-ring (bicyclic) bond motifs is 2. The summed E-state index contributed by atoms with van der Waals surface area (Å²) in [6.45, 7) is 5.46. The molecule has 3 fully saturated rings. The highest BCUT2D eigenvalue weighted by Gasteiger charge is 2.52. The van der Waals surface area contributed by atoms with Gasteiger partial charge in [0.25, 0.3) is 0 Å². The molecule has 3 saturated carbocycles. The molecule has 0 saturated heterocycles. The number of rotatable bonds is 0. The molecule has 0 heteroatoms. The Balaban J connectivity index is 2.10. The highest BCUT2D eigenvalue weighted by atomic mass is 14.6. The predicted molar refractivity (Wildman–Crippen MR) is 43.8 cm³/mol. The van der Waals surface area contributed by atoms with Gasteiger partial charge in [-0.3, -0.25) is 0 Å². The van der Waals surface area contributed by atoms with Crippen molar-refractivity contribution < 1.29 is 1.37 Å². The molecule has 0 radical (unpaired) electrons. The van der Waals surface area contributed by atoms with Gasteiger partial charge in [0.05, 0.1) is 0 Å². The molecule has 0 aromatic carbocycles. The summed E-state index contributed by atoms with van der Waals surface area (Å²) < 4.78 is 7.43. The van der Waals surface area contributed by atoms with Gasteiger partial charge in [-0.1, -0.05) is 27.2 Å². The van der Waals surface area contributed by atoms with Gasteiger partial charge < -0.3 is 0 Å². The summed E-state index contributed by atoms with van der Waals surface area (Å²) in [5.74, 6) is 2.61. The molecule has 0 spiro atoms. The van der Waals surface area contributed by atoms with Crippen molar-refractivity contribution in [2.45, 2.75) is 40.0 Å². The molecule has 0 amide bonds. The van der Waals surface area contributed by atoms with E-state index in [2.05, 4.69) is 13.8 Å². The molecule has 0 aromatic rings. The van der Waals surface area contributed by atoms with E-state index in [0.29, 0.717) is 12.3 Å². The van der Waals surface area contributed by atoms with Gasteiger partial charge in [0, 0.05) is 1.37 Å². The van der Waals surface area contributed by atoms with Crippen LogP contribution in [0.1, 0.15) is 41.4 Å². The van der Waals surface area contributed by atoms with E-state index >= 15 is 0 Å². The minimum absolute atomic E-state index is 0.587. The van der Waals surface area contributed by atoms with Crippen molar-refractivity contribution in [3.8, 4) is 0 Å². The van der Waals surface area contributed by atoms with Crippen LogP contribution in [0, 0.1) is 23.2 Å². The molecular weight excluding hydrogens is 120 g/mol. The third-order valence-electron chi connectivity index (χ3n) is 4.00. The van der Waals surface area contributed by atoms with Crippen LogP contribution < -0.4 is 0 Å². The molecule has 2 bridgehead atoms. The number of hydrogen-bond acceptors (Lipinski definition) is 0. The lowest BCUT2D eigenvalue weighted by Crippen LogP contribution is -2.51. The molecule has 3 unspecified atom stereocenters. The summed E-state index contributed by atoms with van der Waals surface area (Å²) >= 11 is 0. The van der Waals surface area contributed by atoms with Crippen molar-refractivity contribution in [3.05, 3.63) is 0 Å². The third-order valence-corrected chi connectivity index (χ3v) is 4.00. The molecular formula is C10H18. The van der Waals surface area contributed by atoms with Crippen molar-refractivity contribution in [1.82, 2.24) is 0 Å². The van der Waals surface area contributed by atoms with E-state index in [1.807, 2.05) is 0 Å². The van der Waals surface area contributed by atoms with Crippen LogP contribution in [0.15, 0.2) is 0 Å². The highest BCUT2D eigenvalue weighted by Crippen LogP contribution is 2.61. The zero-order valence-electron chi connectivity index (χ0n) is 8.06. The Morgan fingerprint density at radius 3 is 2.60 bits per heavy atom. The van der Waals surface area contributed by atoms with Crippen LogP contribution in [-0.4, -0.2) is 0 Å². The van der Waals surface area contributed by atoms with Gasteiger partial charge in [0.2, 0.25) is 0 Å². The molecule has 0 aliphatic heterocycles. The Kier molecular flexibility index (Phi) is 1.00. The van der Waals surface area contributed by atoms with E-state index < -0.39 is 0 Å². The Hall–Kier alpha value is 0. The van der Waals surface area contributed by atoms with Crippen LogP contribution in [0.25, 0.3) is 0 Å². The van der Waals surface area contributed by atoms with Crippen LogP contribution in [0.5, 0.6) is 0 Å². The first-order chi connectivity index (χ1) is 5.16. The fraction of sp³-hybridized carbons (Fsp3) is 1.00. The lowest BCUT2D eigenvalue weighted by Gasteiger charge is -2.59. The van der Waals surface area contributed by atoms with E-state index in [-0.39, 0.29) is 0 Å². The van der Waals surface area contributed by atoms with Crippen LogP contribution in [0.2, 0.25) is 0 Å². The first-order valence-corrected chi connectivity index (χ1v) is 4.45. The fourth-order valence-electron chi connectivity index (χ4n) is 2.96. The van der Waals surface area contributed by atoms with Crippen LogP contribution in [0.4, 0.5) is 0 Å². The SMILES string of the molecule is [3H]CC1CCC2CC1C2(C)C. The van der Waals surface area contributed by atoms with Crippen LogP contribution in [0.3, 0.4) is 0 Å². The second-order valence-electron chi connectivity index (χ2n) is 4.70. The zero-order chi connectivity index (χ0) is 8.06. The van der Waals surface area contributed by atoms with Crippen LogP contribution >= 0.6 is 0 Å². The maximum atomic E-state index is 7.43. The smallest absolute Gasteiger partial charge is 0.0233 e. The Bertz CT molecular complexity index is 160. The van der Waals surface area contributed by atoms with E-state index in [1.165, 1.54) is 19.3 Å². The van der Waals surface area contributed by atoms with Crippen molar-refractivity contribution in [2.24, 2.45) is 23.2 Å². The van der Waals surface area contributed by atoms with Gasteiger partial charge in [-0.05, 0) is 36.0 Å². The Labute approximate surface area is 65.4 Å². The largest absolute Gasteiger partial charge is 0.0622 e. The summed E-state index contributed by atoms with van der Waals surface area (Å²) in [5, 5.41) is 0. The summed E-state index contributed by atoms with van der Waals surface area (Å²) in [4.78, 5) is 0. The normalized spacial score (nSPS) is 51.4. The monoisotopic (exact) mass is 140 g/mol. The maximum absolute atomic E-state index is 7.43. The summed E-state index contributed by atoms with van der Waals surface area (Å²) in [7, 11) is 0. The summed E-state index contributed by atoms with van der Waals surface area (Å²) in [6.07, 6.45) is 4.16. The quantitative estimate of drug-likeness (QED) is 0.485. The number of hydrogen-bond donors (Lipinski definition) is 0. The summed E-state index contributed by atoms with van der Waals surface area (Å²) in [6, 6.07) is 0. The van der Waals surface area contributed by atoms with Crippen molar-refractivity contribution >= 4 is 0 Å². The first-order valence-electron chi connectivity index (χ1n) is 5.16. The zero-order valence-corrected chi connectivity index (χ0v) is 7.06.